The summed E-state index contributed by atoms with van der Waals surface area (Å²) in [5.74, 6) is 0.303. The topological polar surface area (TPSA) is 77.2 Å². The number of aromatic carboxylic acids is 1. The first-order valence-corrected chi connectivity index (χ1v) is 6.33. The van der Waals surface area contributed by atoms with Crippen LogP contribution in [0.5, 0.6) is 5.75 Å². The number of rotatable bonds is 3. The smallest absolute Gasteiger partial charge is 0.339 e. The number of fused-ring (bicyclic) bond motifs is 1. The minimum Gasteiger partial charge on any atom is -0.496 e. The summed E-state index contributed by atoms with van der Waals surface area (Å²) in [6.07, 6.45) is 3.12. The molecule has 1 N–H and O–H groups in total. The zero-order valence-corrected chi connectivity index (χ0v) is 11.6. The van der Waals surface area contributed by atoms with E-state index in [2.05, 4.69) is 10.1 Å². The van der Waals surface area contributed by atoms with Gasteiger partial charge in [0.25, 0.3) is 0 Å². The maximum absolute atomic E-state index is 11.1. The molecule has 6 heteroatoms. The van der Waals surface area contributed by atoms with Crippen LogP contribution in [0.2, 0.25) is 0 Å². The van der Waals surface area contributed by atoms with Crippen molar-refractivity contribution in [2.45, 2.75) is 6.92 Å². The summed E-state index contributed by atoms with van der Waals surface area (Å²) in [4.78, 5) is 15.5. The average Bonchev–Trinajstić information content (AvgIpc) is 2.88. The van der Waals surface area contributed by atoms with E-state index in [0.29, 0.717) is 11.5 Å². The molecule has 0 unspecified atom stereocenters. The molecular formula is C15H13N3O3. The molecule has 0 saturated carbocycles. The quantitative estimate of drug-likeness (QED) is 0.798. The highest BCUT2D eigenvalue weighted by molar-refractivity contribution is 5.93. The third kappa shape index (κ3) is 2.10. The molecule has 2 heterocycles. The summed E-state index contributed by atoms with van der Waals surface area (Å²) in [6, 6.07) is 7.48. The Labute approximate surface area is 120 Å². The van der Waals surface area contributed by atoms with Gasteiger partial charge >= 0.3 is 5.97 Å². The van der Waals surface area contributed by atoms with Crippen molar-refractivity contribution in [2.24, 2.45) is 0 Å². The Bertz CT molecular complexity index is 839. The van der Waals surface area contributed by atoms with Gasteiger partial charge in [0.1, 0.15) is 11.3 Å². The van der Waals surface area contributed by atoms with Gasteiger partial charge in [0.15, 0.2) is 5.82 Å². The number of nitrogens with zero attached hydrogens (tertiary/aromatic N) is 3. The summed E-state index contributed by atoms with van der Waals surface area (Å²) in [7, 11) is 1.61. The number of carboxylic acids is 1. The minimum absolute atomic E-state index is 0.164. The van der Waals surface area contributed by atoms with Crippen LogP contribution in [0, 0.1) is 6.92 Å². The van der Waals surface area contributed by atoms with Crippen LogP contribution in [0.15, 0.2) is 36.7 Å². The fourth-order valence-corrected chi connectivity index (χ4v) is 2.30. The first-order chi connectivity index (χ1) is 10.1. The van der Waals surface area contributed by atoms with Crippen molar-refractivity contribution in [3.63, 3.8) is 0 Å². The van der Waals surface area contributed by atoms with E-state index in [1.54, 1.807) is 20.2 Å². The van der Waals surface area contributed by atoms with Crippen LogP contribution >= 0.6 is 0 Å². The molecule has 0 atom stereocenters. The summed E-state index contributed by atoms with van der Waals surface area (Å²) < 4.78 is 6.82. The average molecular weight is 283 g/mol. The molecule has 0 radical (unpaired) electrons. The molecule has 0 fully saturated rings. The summed E-state index contributed by atoms with van der Waals surface area (Å²) in [5.41, 5.74) is 0.612. The van der Waals surface area contributed by atoms with E-state index in [1.807, 2.05) is 24.3 Å². The van der Waals surface area contributed by atoms with Crippen LogP contribution in [-0.4, -0.2) is 33.0 Å². The lowest BCUT2D eigenvalue weighted by molar-refractivity contribution is 0.0696. The fraction of sp³-hybridized carbons (Fsp3) is 0.133. The third-order valence-electron chi connectivity index (χ3n) is 3.31. The Morgan fingerprint density at radius 1 is 1.29 bits per heavy atom. The van der Waals surface area contributed by atoms with E-state index in [-0.39, 0.29) is 5.56 Å². The highest BCUT2D eigenvalue weighted by Gasteiger charge is 2.15. The van der Waals surface area contributed by atoms with Gasteiger partial charge in [-0.3, -0.25) is 0 Å². The van der Waals surface area contributed by atoms with Gasteiger partial charge in [0.2, 0.25) is 0 Å². The number of carboxylic acid groups (broad SMARTS) is 1. The third-order valence-corrected chi connectivity index (χ3v) is 3.31. The molecule has 3 rings (SSSR count). The molecule has 106 valence electrons. The number of ether oxygens (including phenoxy) is 1. The summed E-state index contributed by atoms with van der Waals surface area (Å²) >= 11 is 0. The number of aromatic nitrogens is 3. The number of carbonyl (C=O) groups is 1. The second kappa shape index (κ2) is 4.90. The molecule has 0 amide bonds. The van der Waals surface area contributed by atoms with E-state index < -0.39 is 5.97 Å². The Morgan fingerprint density at radius 3 is 2.76 bits per heavy atom. The first-order valence-electron chi connectivity index (χ1n) is 6.33. The molecule has 0 aliphatic carbocycles. The molecule has 3 aromatic rings. The van der Waals surface area contributed by atoms with Crippen LogP contribution in [0.4, 0.5) is 0 Å². The number of hydrogen-bond acceptors (Lipinski definition) is 4. The minimum atomic E-state index is -1.00. The molecule has 2 aromatic heterocycles. The van der Waals surface area contributed by atoms with E-state index >= 15 is 0 Å². The van der Waals surface area contributed by atoms with Crippen LogP contribution in [-0.2, 0) is 0 Å². The largest absolute Gasteiger partial charge is 0.496 e. The zero-order chi connectivity index (χ0) is 15.0. The molecule has 6 nitrogen and oxygen atoms in total. The van der Waals surface area contributed by atoms with E-state index in [4.69, 9.17) is 9.84 Å². The second-order valence-corrected chi connectivity index (χ2v) is 4.57. The molecule has 0 saturated heterocycles. The van der Waals surface area contributed by atoms with Crippen molar-refractivity contribution in [1.29, 1.82) is 0 Å². The molecule has 1 aromatic carbocycles. The Morgan fingerprint density at radius 2 is 2.10 bits per heavy atom. The molecule has 0 spiro atoms. The summed E-state index contributed by atoms with van der Waals surface area (Å²) in [6.45, 7) is 1.66. The zero-order valence-electron chi connectivity index (χ0n) is 11.6. The SMILES string of the molecule is COc1cccc2c(-n3cc(C(=O)O)c(C)n3)nccc12. The van der Waals surface area contributed by atoms with Gasteiger partial charge in [-0.15, -0.1) is 0 Å². The number of methoxy groups -OCH3 is 1. The highest BCUT2D eigenvalue weighted by Crippen LogP contribution is 2.28. The Balaban J connectivity index is 2.26. The van der Waals surface area contributed by atoms with Gasteiger partial charge in [0, 0.05) is 23.2 Å². The maximum atomic E-state index is 11.1. The number of pyridine rings is 1. The lowest BCUT2D eigenvalue weighted by Crippen LogP contribution is -2.00. The maximum Gasteiger partial charge on any atom is 0.339 e. The van der Waals surface area contributed by atoms with Gasteiger partial charge in [-0.25, -0.2) is 14.5 Å². The summed E-state index contributed by atoms with van der Waals surface area (Å²) in [5, 5.41) is 15.1. The normalized spacial score (nSPS) is 10.8. The van der Waals surface area contributed by atoms with Gasteiger partial charge in [-0.2, -0.15) is 5.10 Å². The van der Waals surface area contributed by atoms with Crippen molar-refractivity contribution in [1.82, 2.24) is 14.8 Å². The van der Waals surface area contributed by atoms with Crippen molar-refractivity contribution in [2.75, 3.05) is 7.11 Å². The first kappa shape index (κ1) is 13.1. The van der Waals surface area contributed by atoms with Crippen molar-refractivity contribution in [3.8, 4) is 11.6 Å². The van der Waals surface area contributed by atoms with Gasteiger partial charge in [-0.1, -0.05) is 12.1 Å². The van der Waals surface area contributed by atoms with E-state index in [1.165, 1.54) is 10.9 Å². The van der Waals surface area contributed by atoms with Crippen LogP contribution in [0.1, 0.15) is 16.1 Å². The lowest BCUT2D eigenvalue weighted by atomic mass is 10.1. The Kier molecular flexibility index (Phi) is 3.06. The van der Waals surface area contributed by atoms with Gasteiger partial charge in [0.05, 0.1) is 12.8 Å². The van der Waals surface area contributed by atoms with Crippen LogP contribution in [0.25, 0.3) is 16.6 Å². The number of aryl methyl sites for hydroxylation is 1. The van der Waals surface area contributed by atoms with Gasteiger partial charge in [-0.05, 0) is 19.1 Å². The fourth-order valence-electron chi connectivity index (χ4n) is 2.30. The monoisotopic (exact) mass is 283 g/mol. The van der Waals surface area contributed by atoms with Crippen molar-refractivity contribution >= 4 is 16.7 Å². The predicted molar refractivity (Wildman–Crippen MR) is 77.1 cm³/mol. The lowest BCUT2D eigenvalue weighted by Gasteiger charge is -2.08. The molecule has 0 aliphatic rings. The molecule has 0 aliphatic heterocycles. The number of hydrogen-bond donors (Lipinski definition) is 1. The van der Waals surface area contributed by atoms with Crippen LogP contribution in [0.3, 0.4) is 0 Å². The van der Waals surface area contributed by atoms with E-state index in [0.717, 1.165) is 16.5 Å². The van der Waals surface area contributed by atoms with Crippen molar-refractivity contribution in [3.05, 3.63) is 47.9 Å². The Hall–Kier alpha value is -2.89. The van der Waals surface area contributed by atoms with Gasteiger partial charge < -0.3 is 9.84 Å². The highest BCUT2D eigenvalue weighted by atomic mass is 16.5. The van der Waals surface area contributed by atoms with Crippen LogP contribution < -0.4 is 4.74 Å². The van der Waals surface area contributed by atoms with E-state index in [9.17, 15) is 4.79 Å². The molecule has 21 heavy (non-hydrogen) atoms. The predicted octanol–water partition coefficient (Wildman–Crippen LogP) is 2.44. The second-order valence-electron chi connectivity index (χ2n) is 4.57. The standard InChI is InChI=1S/C15H13N3O3/c1-9-12(15(19)20)8-18(17-9)14-11-4-3-5-13(21-2)10(11)6-7-16-14/h3-8H,1-2H3,(H,19,20). The molecule has 0 bridgehead atoms. The molecular weight excluding hydrogens is 270 g/mol. The van der Waals surface area contributed by atoms with Crippen molar-refractivity contribution < 1.29 is 14.6 Å². The number of benzene rings is 1.